The number of allylic oxidation sites excluding steroid dienone is 4. The van der Waals surface area contributed by atoms with Gasteiger partial charge in [-0.1, -0.05) is 224 Å². The quantitative estimate of drug-likeness (QED) is 0.0311. The largest absolute Gasteiger partial charge is 0.394 e. The molecule has 57 heavy (non-hydrogen) atoms. The number of carbonyl (C=O) groups is 1. The Kier molecular flexibility index (Phi) is 44.9. The van der Waals surface area contributed by atoms with E-state index in [4.69, 9.17) is 0 Å². The first kappa shape index (κ1) is 55.8. The molecule has 0 saturated heterocycles. The Labute approximate surface area is 354 Å². The first-order chi connectivity index (χ1) is 28.0. The number of rotatable bonds is 46. The van der Waals surface area contributed by atoms with Crippen LogP contribution in [-0.2, 0) is 4.79 Å². The summed E-state index contributed by atoms with van der Waals surface area (Å²) in [5.74, 6) is -0.596. The molecule has 0 aliphatic rings. The van der Waals surface area contributed by atoms with Gasteiger partial charge in [0.1, 0.15) is 12.2 Å². The molecule has 4 atom stereocenters. The molecule has 6 nitrogen and oxygen atoms in total. The molecule has 0 aromatic rings. The highest BCUT2D eigenvalue weighted by Gasteiger charge is 2.28. The maximum absolute atomic E-state index is 12.5. The molecule has 4 unspecified atom stereocenters. The van der Waals surface area contributed by atoms with E-state index in [0.29, 0.717) is 12.8 Å². The van der Waals surface area contributed by atoms with E-state index in [1.165, 1.54) is 193 Å². The Hall–Kier alpha value is -1.21. The van der Waals surface area contributed by atoms with Gasteiger partial charge < -0.3 is 25.7 Å². The number of nitrogens with one attached hydrogen (secondary N) is 1. The number of amides is 1. The Morgan fingerprint density at radius 2 is 0.719 bits per heavy atom. The zero-order valence-corrected chi connectivity index (χ0v) is 38.1. The molecule has 6 heteroatoms. The molecule has 0 fully saturated rings. The summed E-state index contributed by atoms with van der Waals surface area (Å²) in [5, 5.41) is 43.8. The molecule has 0 aromatic heterocycles. The van der Waals surface area contributed by atoms with Gasteiger partial charge >= 0.3 is 0 Å². The summed E-state index contributed by atoms with van der Waals surface area (Å²) in [6.07, 6.45) is 53.7. The Balaban J connectivity index is 3.71. The number of carbonyl (C=O) groups excluding carboxylic acids is 1. The SMILES string of the molecule is CCCCCCCCCCC/C=C\CCCCCCCCC(O)C(=O)NC(CO)C(O)C(O)CCC/C=C/CCCCCCCCCCCCCCCCCCC. The van der Waals surface area contributed by atoms with Gasteiger partial charge in [-0.2, -0.15) is 0 Å². The second-order valence-corrected chi connectivity index (χ2v) is 17.5. The van der Waals surface area contributed by atoms with Gasteiger partial charge in [0, 0.05) is 0 Å². The number of hydrogen-bond acceptors (Lipinski definition) is 5. The van der Waals surface area contributed by atoms with Crippen LogP contribution in [0.1, 0.15) is 264 Å². The average molecular weight is 806 g/mol. The molecule has 0 radical (unpaired) electrons. The van der Waals surface area contributed by atoms with Crippen molar-refractivity contribution in [1.29, 1.82) is 0 Å². The van der Waals surface area contributed by atoms with Gasteiger partial charge in [0.15, 0.2) is 0 Å². The van der Waals surface area contributed by atoms with Gasteiger partial charge in [-0.15, -0.1) is 0 Å². The van der Waals surface area contributed by atoms with Crippen molar-refractivity contribution in [3.63, 3.8) is 0 Å². The predicted octanol–water partition coefficient (Wildman–Crippen LogP) is 13.9. The second kappa shape index (κ2) is 45.9. The van der Waals surface area contributed by atoms with Crippen molar-refractivity contribution in [1.82, 2.24) is 5.32 Å². The van der Waals surface area contributed by atoms with Gasteiger partial charge in [0.25, 0.3) is 0 Å². The highest BCUT2D eigenvalue weighted by Crippen LogP contribution is 2.16. The van der Waals surface area contributed by atoms with Gasteiger partial charge in [-0.3, -0.25) is 4.79 Å². The topological polar surface area (TPSA) is 110 Å². The van der Waals surface area contributed by atoms with Crippen LogP contribution in [0.15, 0.2) is 24.3 Å². The van der Waals surface area contributed by atoms with E-state index >= 15 is 0 Å². The molecule has 0 saturated carbocycles. The van der Waals surface area contributed by atoms with Gasteiger partial charge in [-0.25, -0.2) is 0 Å². The van der Waals surface area contributed by atoms with Gasteiger partial charge in [0.05, 0.1) is 18.8 Å². The lowest BCUT2D eigenvalue weighted by molar-refractivity contribution is -0.132. The zero-order valence-electron chi connectivity index (χ0n) is 38.1. The number of hydrogen-bond donors (Lipinski definition) is 5. The highest BCUT2D eigenvalue weighted by atomic mass is 16.3. The zero-order chi connectivity index (χ0) is 41.7. The highest BCUT2D eigenvalue weighted by molar-refractivity contribution is 5.80. The molecule has 1 amide bonds. The normalized spacial score (nSPS) is 14.1. The predicted molar refractivity (Wildman–Crippen MR) is 247 cm³/mol. The first-order valence-corrected chi connectivity index (χ1v) is 25.2. The van der Waals surface area contributed by atoms with Crippen LogP contribution in [0.5, 0.6) is 0 Å². The molecule has 0 aromatic carbocycles. The maximum Gasteiger partial charge on any atom is 0.249 e. The van der Waals surface area contributed by atoms with Crippen LogP contribution < -0.4 is 5.32 Å². The maximum atomic E-state index is 12.5. The monoisotopic (exact) mass is 806 g/mol. The van der Waals surface area contributed by atoms with Gasteiger partial charge in [0.2, 0.25) is 5.91 Å². The molecule has 0 aliphatic carbocycles. The van der Waals surface area contributed by atoms with E-state index in [0.717, 1.165) is 44.9 Å². The van der Waals surface area contributed by atoms with Crippen molar-refractivity contribution < 1.29 is 25.2 Å². The van der Waals surface area contributed by atoms with Crippen molar-refractivity contribution in [2.75, 3.05) is 6.61 Å². The van der Waals surface area contributed by atoms with Crippen LogP contribution in [0, 0.1) is 0 Å². The van der Waals surface area contributed by atoms with Crippen LogP contribution in [-0.4, -0.2) is 57.3 Å². The minimum absolute atomic E-state index is 0.357. The van der Waals surface area contributed by atoms with Crippen LogP contribution in [0.25, 0.3) is 0 Å². The minimum atomic E-state index is -1.28. The van der Waals surface area contributed by atoms with E-state index in [2.05, 4.69) is 43.5 Å². The summed E-state index contributed by atoms with van der Waals surface area (Å²) in [6, 6.07) is -1.00. The molecule has 0 rings (SSSR count). The summed E-state index contributed by atoms with van der Waals surface area (Å²) < 4.78 is 0. The average Bonchev–Trinajstić information content (AvgIpc) is 3.22. The third kappa shape index (κ3) is 40.0. The molecule has 0 heterocycles. The molecular weight excluding hydrogens is 707 g/mol. The van der Waals surface area contributed by atoms with Gasteiger partial charge in [-0.05, 0) is 64.2 Å². The Bertz CT molecular complexity index is 863. The lowest BCUT2D eigenvalue weighted by atomic mass is 10.00. The van der Waals surface area contributed by atoms with E-state index < -0.39 is 36.9 Å². The molecule has 0 aliphatic heterocycles. The molecule has 338 valence electrons. The molecule has 5 N–H and O–H groups in total. The lowest BCUT2D eigenvalue weighted by Gasteiger charge is -2.27. The third-order valence-electron chi connectivity index (χ3n) is 11.9. The molecular formula is C51H99NO5. The summed E-state index contributed by atoms with van der Waals surface area (Å²) in [4.78, 5) is 12.5. The fourth-order valence-electron chi connectivity index (χ4n) is 7.87. The number of aliphatic hydroxyl groups excluding tert-OH is 4. The van der Waals surface area contributed by atoms with Crippen molar-refractivity contribution in [2.45, 2.75) is 289 Å². The van der Waals surface area contributed by atoms with Crippen molar-refractivity contribution >= 4 is 5.91 Å². The van der Waals surface area contributed by atoms with Crippen LogP contribution >= 0.6 is 0 Å². The van der Waals surface area contributed by atoms with Crippen molar-refractivity contribution in [3.05, 3.63) is 24.3 Å². The minimum Gasteiger partial charge on any atom is -0.394 e. The standard InChI is InChI=1S/C51H99NO5/c1-3-5-7-9-11-13-15-17-19-21-23-24-25-27-28-30-32-34-36-38-40-42-44-48(54)50(56)47(46-53)52-51(57)49(55)45-43-41-39-37-35-33-31-29-26-22-20-18-16-14-12-10-8-6-4-2/h26,29,36,38,47-50,53-56H,3-25,27-28,30-35,37,39-46H2,1-2H3,(H,52,57)/b29-26-,38-36+. The summed E-state index contributed by atoms with van der Waals surface area (Å²) >= 11 is 0. The third-order valence-corrected chi connectivity index (χ3v) is 11.9. The summed E-state index contributed by atoms with van der Waals surface area (Å²) in [7, 11) is 0. The van der Waals surface area contributed by atoms with E-state index in [1.807, 2.05) is 0 Å². The smallest absolute Gasteiger partial charge is 0.249 e. The second-order valence-electron chi connectivity index (χ2n) is 17.5. The molecule has 0 spiro atoms. The summed E-state index contributed by atoms with van der Waals surface area (Å²) in [6.45, 7) is 4.06. The first-order valence-electron chi connectivity index (χ1n) is 25.2. The fourth-order valence-corrected chi connectivity index (χ4v) is 7.87. The van der Waals surface area contributed by atoms with E-state index in [-0.39, 0.29) is 0 Å². The Morgan fingerprint density at radius 3 is 1.05 bits per heavy atom. The summed E-state index contributed by atoms with van der Waals surface area (Å²) in [5.41, 5.74) is 0. The van der Waals surface area contributed by atoms with Crippen LogP contribution in [0.2, 0.25) is 0 Å². The van der Waals surface area contributed by atoms with Crippen LogP contribution in [0.3, 0.4) is 0 Å². The van der Waals surface area contributed by atoms with E-state index in [1.54, 1.807) is 0 Å². The van der Waals surface area contributed by atoms with Crippen molar-refractivity contribution in [3.8, 4) is 0 Å². The number of unbranched alkanes of at least 4 members (excludes halogenated alkanes) is 33. The molecule has 0 bridgehead atoms. The number of aliphatic hydroxyl groups is 4. The van der Waals surface area contributed by atoms with Crippen molar-refractivity contribution in [2.24, 2.45) is 0 Å². The Morgan fingerprint density at radius 1 is 0.421 bits per heavy atom. The van der Waals surface area contributed by atoms with Crippen LogP contribution in [0.4, 0.5) is 0 Å². The van der Waals surface area contributed by atoms with E-state index in [9.17, 15) is 25.2 Å². The lowest BCUT2D eigenvalue weighted by Crippen LogP contribution is -2.53. The fraction of sp³-hybridized carbons (Fsp3) is 0.902.